The normalized spacial score (nSPS) is 10.3. The van der Waals surface area contributed by atoms with Crippen LogP contribution in [0.4, 0.5) is 0 Å². The van der Waals surface area contributed by atoms with Gasteiger partial charge in [-0.15, -0.1) is 0 Å². The van der Waals surface area contributed by atoms with Gasteiger partial charge < -0.3 is 10.1 Å². The van der Waals surface area contributed by atoms with Crippen molar-refractivity contribution in [2.24, 2.45) is 0 Å². The summed E-state index contributed by atoms with van der Waals surface area (Å²) < 4.78 is 6.65. The van der Waals surface area contributed by atoms with Crippen molar-refractivity contribution in [3.8, 4) is 0 Å². The molecule has 0 fully saturated rings. The molecule has 1 heterocycles. The summed E-state index contributed by atoms with van der Waals surface area (Å²) in [5.74, 6) is -0.371. The zero-order valence-corrected chi connectivity index (χ0v) is 13.2. The van der Waals surface area contributed by atoms with Gasteiger partial charge in [-0.25, -0.2) is 0 Å². The first kappa shape index (κ1) is 16.7. The maximum atomic E-state index is 12.0. The Morgan fingerprint density at radius 2 is 2.04 bits per heavy atom. The van der Waals surface area contributed by atoms with Crippen LogP contribution in [-0.2, 0) is 16.1 Å². The van der Waals surface area contributed by atoms with E-state index < -0.39 is 0 Å². The van der Waals surface area contributed by atoms with Gasteiger partial charge in [0.1, 0.15) is 0 Å². The van der Waals surface area contributed by atoms with Crippen LogP contribution in [0.15, 0.2) is 42.7 Å². The Balaban J connectivity index is 1.75. The van der Waals surface area contributed by atoms with Gasteiger partial charge in [0.05, 0.1) is 13.2 Å². The average molecular weight is 315 g/mol. The summed E-state index contributed by atoms with van der Waals surface area (Å²) in [6.07, 6.45) is 4.52. The summed E-state index contributed by atoms with van der Waals surface area (Å²) >= 11 is 0. The van der Waals surface area contributed by atoms with Crippen molar-refractivity contribution in [3.63, 3.8) is 0 Å². The lowest BCUT2D eigenvalue weighted by atomic mass is 10.1. The molecule has 0 bridgehead atoms. The summed E-state index contributed by atoms with van der Waals surface area (Å²) in [5.41, 5.74) is 1.68. The van der Waals surface area contributed by atoms with Crippen LogP contribution in [0.5, 0.6) is 0 Å². The molecule has 23 heavy (non-hydrogen) atoms. The van der Waals surface area contributed by atoms with Gasteiger partial charge in [0.15, 0.2) is 0 Å². The molecule has 0 spiro atoms. The zero-order chi connectivity index (χ0) is 16.5. The maximum Gasteiger partial charge on any atom is 0.305 e. The van der Waals surface area contributed by atoms with Crippen LogP contribution in [0.25, 0.3) is 0 Å². The first-order chi connectivity index (χ1) is 11.2. The highest BCUT2D eigenvalue weighted by molar-refractivity contribution is 5.94. The summed E-state index contributed by atoms with van der Waals surface area (Å²) in [6.45, 7) is 3.28. The third-order valence-corrected chi connectivity index (χ3v) is 3.27. The molecule has 0 atom stereocenters. The lowest BCUT2D eigenvalue weighted by Gasteiger charge is -2.07. The van der Waals surface area contributed by atoms with Gasteiger partial charge in [-0.1, -0.05) is 12.1 Å². The molecular formula is C17H21N3O3. The Labute approximate surface area is 135 Å². The number of carbonyl (C=O) groups is 2. The standard InChI is InChI=1S/C17H21N3O3/c1-2-23-16(21)5-3-10-18-17(22)15-8-6-14(7-9-15)13-20-12-4-11-19-20/h4,6-9,11-12H,2-3,5,10,13H2,1H3,(H,18,22). The lowest BCUT2D eigenvalue weighted by Crippen LogP contribution is -2.25. The number of amides is 1. The van der Waals surface area contributed by atoms with E-state index in [9.17, 15) is 9.59 Å². The van der Waals surface area contributed by atoms with E-state index in [0.29, 0.717) is 38.1 Å². The predicted octanol–water partition coefficient (Wildman–Crippen LogP) is 2.00. The van der Waals surface area contributed by atoms with Crippen molar-refractivity contribution in [3.05, 3.63) is 53.9 Å². The van der Waals surface area contributed by atoms with Gasteiger partial charge in [0, 0.05) is 30.9 Å². The minimum absolute atomic E-state index is 0.139. The summed E-state index contributed by atoms with van der Waals surface area (Å²) in [4.78, 5) is 23.2. The fourth-order valence-corrected chi connectivity index (χ4v) is 2.11. The Kier molecular flexibility index (Phi) is 6.35. The fourth-order valence-electron chi connectivity index (χ4n) is 2.11. The molecule has 0 saturated carbocycles. The number of benzene rings is 1. The molecule has 1 aromatic heterocycles. The van der Waals surface area contributed by atoms with Crippen molar-refractivity contribution < 1.29 is 14.3 Å². The van der Waals surface area contributed by atoms with E-state index >= 15 is 0 Å². The maximum absolute atomic E-state index is 12.0. The number of esters is 1. The number of hydrogen-bond acceptors (Lipinski definition) is 4. The molecule has 2 aromatic rings. The number of nitrogens with zero attached hydrogens (tertiary/aromatic N) is 2. The van der Waals surface area contributed by atoms with Gasteiger partial charge in [0.25, 0.3) is 5.91 Å². The van der Waals surface area contributed by atoms with Crippen LogP contribution in [-0.4, -0.2) is 34.8 Å². The highest BCUT2D eigenvalue weighted by atomic mass is 16.5. The third-order valence-electron chi connectivity index (χ3n) is 3.27. The van der Waals surface area contributed by atoms with Gasteiger partial charge >= 0.3 is 5.97 Å². The monoisotopic (exact) mass is 315 g/mol. The number of hydrogen-bond donors (Lipinski definition) is 1. The predicted molar refractivity (Wildman–Crippen MR) is 86.0 cm³/mol. The first-order valence-electron chi connectivity index (χ1n) is 7.69. The van der Waals surface area contributed by atoms with Crippen LogP contribution in [0.3, 0.4) is 0 Å². The SMILES string of the molecule is CCOC(=O)CCCNC(=O)c1ccc(Cn2cccn2)cc1. The van der Waals surface area contributed by atoms with Crippen molar-refractivity contribution in [2.75, 3.05) is 13.2 Å². The minimum atomic E-state index is -0.232. The van der Waals surface area contributed by atoms with Gasteiger partial charge in [0.2, 0.25) is 0 Å². The zero-order valence-electron chi connectivity index (χ0n) is 13.2. The van der Waals surface area contributed by atoms with Crippen molar-refractivity contribution in [1.29, 1.82) is 0 Å². The molecule has 0 aliphatic carbocycles. The Bertz CT molecular complexity index is 621. The van der Waals surface area contributed by atoms with E-state index in [4.69, 9.17) is 4.74 Å². The van der Waals surface area contributed by atoms with Crippen molar-refractivity contribution >= 4 is 11.9 Å². The quantitative estimate of drug-likeness (QED) is 0.597. The number of carbonyl (C=O) groups excluding carboxylic acids is 2. The topological polar surface area (TPSA) is 73.2 Å². The molecule has 122 valence electrons. The second-order valence-electron chi connectivity index (χ2n) is 5.07. The van der Waals surface area contributed by atoms with E-state index in [1.54, 1.807) is 25.3 Å². The molecule has 6 heteroatoms. The number of aromatic nitrogens is 2. The van der Waals surface area contributed by atoms with Crippen LogP contribution in [0.1, 0.15) is 35.7 Å². The molecule has 1 N–H and O–H groups in total. The molecule has 0 radical (unpaired) electrons. The fraction of sp³-hybridized carbons (Fsp3) is 0.353. The average Bonchev–Trinajstić information content (AvgIpc) is 3.05. The van der Waals surface area contributed by atoms with Crippen LogP contribution in [0, 0.1) is 0 Å². The van der Waals surface area contributed by atoms with E-state index in [1.807, 2.05) is 29.1 Å². The Hall–Kier alpha value is -2.63. The van der Waals surface area contributed by atoms with E-state index in [0.717, 1.165) is 5.56 Å². The van der Waals surface area contributed by atoms with E-state index in [2.05, 4.69) is 10.4 Å². The molecule has 0 aliphatic rings. The number of nitrogens with one attached hydrogen (secondary N) is 1. The van der Waals surface area contributed by atoms with Crippen LogP contribution >= 0.6 is 0 Å². The first-order valence-corrected chi connectivity index (χ1v) is 7.69. The second kappa shape index (κ2) is 8.73. The molecule has 0 aliphatic heterocycles. The molecule has 1 aromatic carbocycles. The highest BCUT2D eigenvalue weighted by Gasteiger charge is 2.06. The molecule has 0 saturated heterocycles. The van der Waals surface area contributed by atoms with Crippen LogP contribution in [0.2, 0.25) is 0 Å². The number of ether oxygens (including phenoxy) is 1. The second-order valence-corrected chi connectivity index (χ2v) is 5.07. The molecule has 2 rings (SSSR count). The van der Waals surface area contributed by atoms with Gasteiger partial charge in [-0.05, 0) is 37.1 Å². The highest BCUT2D eigenvalue weighted by Crippen LogP contribution is 2.06. The number of rotatable bonds is 8. The Morgan fingerprint density at radius 3 is 2.70 bits per heavy atom. The smallest absolute Gasteiger partial charge is 0.305 e. The van der Waals surface area contributed by atoms with Gasteiger partial charge in [-0.2, -0.15) is 5.10 Å². The molecular weight excluding hydrogens is 294 g/mol. The van der Waals surface area contributed by atoms with Gasteiger partial charge in [-0.3, -0.25) is 14.3 Å². The largest absolute Gasteiger partial charge is 0.466 e. The molecule has 1 amide bonds. The van der Waals surface area contributed by atoms with Crippen LogP contribution < -0.4 is 5.32 Å². The van der Waals surface area contributed by atoms with E-state index in [-0.39, 0.29) is 11.9 Å². The minimum Gasteiger partial charge on any atom is -0.466 e. The van der Waals surface area contributed by atoms with Crippen molar-refractivity contribution in [1.82, 2.24) is 15.1 Å². The summed E-state index contributed by atoms with van der Waals surface area (Å²) in [5, 5.41) is 6.94. The summed E-state index contributed by atoms with van der Waals surface area (Å²) in [6, 6.07) is 9.28. The lowest BCUT2D eigenvalue weighted by molar-refractivity contribution is -0.143. The molecule has 6 nitrogen and oxygen atoms in total. The Morgan fingerprint density at radius 1 is 1.26 bits per heavy atom. The van der Waals surface area contributed by atoms with E-state index in [1.165, 1.54) is 0 Å². The summed E-state index contributed by atoms with van der Waals surface area (Å²) in [7, 11) is 0. The molecule has 0 unspecified atom stereocenters. The van der Waals surface area contributed by atoms with Crippen molar-refractivity contribution in [2.45, 2.75) is 26.3 Å². The third kappa shape index (κ3) is 5.58.